The van der Waals surface area contributed by atoms with Crippen LogP contribution in [0.1, 0.15) is 78.1 Å². The Morgan fingerprint density at radius 1 is 0.571 bits per heavy atom. The van der Waals surface area contributed by atoms with Crippen molar-refractivity contribution in [2.75, 3.05) is 39.5 Å². The Hall–Kier alpha value is -0.120. The van der Waals surface area contributed by atoms with Crippen LogP contribution in [0.3, 0.4) is 0 Å². The van der Waals surface area contributed by atoms with E-state index in [2.05, 4.69) is 12.2 Å². The van der Waals surface area contributed by atoms with Crippen LogP contribution in [0.15, 0.2) is 0 Å². The fourth-order valence-corrected chi connectivity index (χ4v) is 2.33. The minimum absolute atomic E-state index is 0.821. The third-order valence-corrected chi connectivity index (χ3v) is 3.66. The molecule has 0 saturated carbocycles. The summed E-state index contributed by atoms with van der Waals surface area (Å²) in [5.41, 5.74) is 0. The lowest BCUT2D eigenvalue weighted by atomic mass is 10.1. The Morgan fingerprint density at radius 3 is 1.86 bits per heavy atom. The first-order valence-electron chi connectivity index (χ1n) is 9.28. The maximum atomic E-state index is 5.63. The lowest BCUT2D eigenvalue weighted by Crippen LogP contribution is -2.22. The van der Waals surface area contributed by atoms with E-state index in [1.165, 1.54) is 57.8 Å². The predicted octanol–water partition coefficient (Wildman–Crippen LogP) is 4.55. The van der Waals surface area contributed by atoms with Gasteiger partial charge in [-0.05, 0) is 26.3 Å². The highest BCUT2D eigenvalue weighted by Crippen LogP contribution is 2.09. The highest BCUT2D eigenvalue weighted by Gasteiger charge is 1.93. The van der Waals surface area contributed by atoms with Crippen molar-refractivity contribution >= 4 is 0 Å². The molecule has 0 aromatic carbocycles. The Balaban J connectivity index is 2.90. The maximum Gasteiger partial charge on any atom is 0.0590 e. The normalized spacial score (nSPS) is 11.1. The Labute approximate surface area is 133 Å². The lowest BCUT2D eigenvalue weighted by molar-refractivity contribution is 0.127. The van der Waals surface area contributed by atoms with E-state index in [0.29, 0.717) is 0 Å². The minimum atomic E-state index is 0.821. The SMILES string of the molecule is CCCCCCCCCCCOCCNCCCOCC. The summed E-state index contributed by atoms with van der Waals surface area (Å²) in [6.07, 6.45) is 13.5. The predicted molar refractivity (Wildman–Crippen MR) is 92.0 cm³/mol. The van der Waals surface area contributed by atoms with Gasteiger partial charge in [-0.2, -0.15) is 0 Å². The van der Waals surface area contributed by atoms with Gasteiger partial charge >= 0.3 is 0 Å². The maximum absolute atomic E-state index is 5.63. The van der Waals surface area contributed by atoms with E-state index in [1.54, 1.807) is 0 Å². The van der Waals surface area contributed by atoms with Gasteiger partial charge in [0.25, 0.3) is 0 Å². The minimum Gasteiger partial charge on any atom is -0.382 e. The molecular formula is C18H39NO2. The van der Waals surface area contributed by atoms with Crippen molar-refractivity contribution in [3.05, 3.63) is 0 Å². The van der Waals surface area contributed by atoms with E-state index < -0.39 is 0 Å². The summed E-state index contributed by atoms with van der Waals surface area (Å²) < 4.78 is 10.9. The Kier molecular flexibility index (Phi) is 19.8. The molecule has 0 fully saturated rings. The molecule has 0 aliphatic rings. The molecule has 0 heterocycles. The summed E-state index contributed by atoms with van der Waals surface area (Å²) in [7, 11) is 0. The van der Waals surface area contributed by atoms with Crippen molar-refractivity contribution in [3.8, 4) is 0 Å². The van der Waals surface area contributed by atoms with Crippen molar-refractivity contribution in [1.82, 2.24) is 5.32 Å². The molecule has 0 rings (SSSR count). The first kappa shape index (κ1) is 20.9. The van der Waals surface area contributed by atoms with Gasteiger partial charge in [0, 0.05) is 26.4 Å². The number of rotatable bonds is 18. The summed E-state index contributed by atoms with van der Waals surface area (Å²) in [5, 5.41) is 3.37. The van der Waals surface area contributed by atoms with Gasteiger partial charge < -0.3 is 14.8 Å². The lowest BCUT2D eigenvalue weighted by Gasteiger charge is -2.06. The highest BCUT2D eigenvalue weighted by atomic mass is 16.5. The first-order valence-corrected chi connectivity index (χ1v) is 9.28. The fraction of sp³-hybridized carbons (Fsp3) is 1.00. The fourth-order valence-electron chi connectivity index (χ4n) is 2.33. The highest BCUT2D eigenvalue weighted by molar-refractivity contribution is 4.48. The van der Waals surface area contributed by atoms with Gasteiger partial charge in [0.1, 0.15) is 0 Å². The number of unbranched alkanes of at least 4 members (excludes halogenated alkanes) is 8. The van der Waals surface area contributed by atoms with Crippen molar-refractivity contribution in [1.29, 1.82) is 0 Å². The Morgan fingerprint density at radius 2 is 1.19 bits per heavy atom. The smallest absolute Gasteiger partial charge is 0.0590 e. The zero-order valence-corrected chi connectivity index (χ0v) is 14.6. The summed E-state index contributed by atoms with van der Waals surface area (Å²) in [6, 6.07) is 0. The monoisotopic (exact) mass is 301 g/mol. The van der Waals surface area contributed by atoms with Crippen molar-refractivity contribution < 1.29 is 9.47 Å². The summed E-state index contributed by atoms with van der Waals surface area (Å²) in [6.45, 7) is 9.75. The molecule has 0 radical (unpaired) electrons. The van der Waals surface area contributed by atoms with E-state index >= 15 is 0 Å². The van der Waals surface area contributed by atoms with Crippen LogP contribution < -0.4 is 5.32 Å². The second-order valence-electron chi connectivity index (χ2n) is 5.74. The van der Waals surface area contributed by atoms with Crippen LogP contribution in [0.2, 0.25) is 0 Å². The van der Waals surface area contributed by atoms with E-state index in [1.807, 2.05) is 6.92 Å². The van der Waals surface area contributed by atoms with Crippen molar-refractivity contribution in [2.45, 2.75) is 78.1 Å². The van der Waals surface area contributed by atoms with E-state index in [9.17, 15) is 0 Å². The molecular weight excluding hydrogens is 262 g/mol. The summed E-state index contributed by atoms with van der Waals surface area (Å²) in [5.74, 6) is 0. The molecule has 1 N–H and O–H groups in total. The van der Waals surface area contributed by atoms with Crippen LogP contribution in [-0.4, -0.2) is 39.5 Å². The van der Waals surface area contributed by atoms with Gasteiger partial charge in [0.15, 0.2) is 0 Å². The Bertz CT molecular complexity index is 159. The molecule has 0 aliphatic carbocycles. The molecule has 0 aromatic rings. The topological polar surface area (TPSA) is 30.5 Å². The standard InChI is InChI=1S/C18H39NO2/c1-3-5-6-7-8-9-10-11-12-16-21-18-15-19-14-13-17-20-4-2/h19H,3-18H2,1-2H3. The molecule has 3 nitrogen and oxygen atoms in total. The third kappa shape index (κ3) is 19.9. The quantitative estimate of drug-likeness (QED) is 0.377. The first-order chi connectivity index (χ1) is 10.4. The molecule has 3 heteroatoms. The van der Waals surface area contributed by atoms with Crippen molar-refractivity contribution in [3.63, 3.8) is 0 Å². The number of ether oxygens (including phenoxy) is 2. The number of hydrogen-bond acceptors (Lipinski definition) is 3. The van der Waals surface area contributed by atoms with Gasteiger partial charge in [-0.1, -0.05) is 58.3 Å². The van der Waals surface area contributed by atoms with Crippen LogP contribution in [0.25, 0.3) is 0 Å². The average Bonchev–Trinajstić information content (AvgIpc) is 2.50. The van der Waals surface area contributed by atoms with Crippen molar-refractivity contribution in [2.24, 2.45) is 0 Å². The van der Waals surface area contributed by atoms with Gasteiger partial charge in [-0.25, -0.2) is 0 Å². The molecule has 0 aromatic heterocycles. The third-order valence-electron chi connectivity index (χ3n) is 3.66. The molecule has 0 bridgehead atoms. The molecule has 0 amide bonds. The molecule has 0 unspecified atom stereocenters. The largest absolute Gasteiger partial charge is 0.382 e. The number of hydrogen-bond donors (Lipinski definition) is 1. The zero-order valence-electron chi connectivity index (χ0n) is 14.6. The molecule has 21 heavy (non-hydrogen) atoms. The van der Waals surface area contributed by atoms with Gasteiger partial charge in [0.2, 0.25) is 0 Å². The van der Waals surface area contributed by atoms with Crippen LogP contribution in [-0.2, 0) is 9.47 Å². The molecule has 0 spiro atoms. The van der Waals surface area contributed by atoms with E-state index in [4.69, 9.17) is 9.47 Å². The van der Waals surface area contributed by atoms with E-state index in [0.717, 1.165) is 45.9 Å². The summed E-state index contributed by atoms with van der Waals surface area (Å²) >= 11 is 0. The van der Waals surface area contributed by atoms with Gasteiger partial charge in [0.05, 0.1) is 6.61 Å². The van der Waals surface area contributed by atoms with Crippen LogP contribution in [0.4, 0.5) is 0 Å². The molecule has 128 valence electrons. The van der Waals surface area contributed by atoms with Crippen LogP contribution in [0.5, 0.6) is 0 Å². The zero-order chi connectivity index (χ0) is 15.4. The molecule has 0 saturated heterocycles. The van der Waals surface area contributed by atoms with E-state index in [-0.39, 0.29) is 0 Å². The summed E-state index contributed by atoms with van der Waals surface area (Å²) in [4.78, 5) is 0. The van der Waals surface area contributed by atoms with Crippen LogP contribution >= 0.6 is 0 Å². The average molecular weight is 302 g/mol. The van der Waals surface area contributed by atoms with Gasteiger partial charge in [-0.15, -0.1) is 0 Å². The second kappa shape index (κ2) is 19.9. The molecule has 0 aliphatic heterocycles. The van der Waals surface area contributed by atoms with Crippen LogP contribution in [0, 0.1) is 0 Å². The van der Waals surface area contributed by atoms with Gasteiger partial charge in [-0.3, -0.25) is 0 Å². The number of nitrogens with one attached hydrogen (secondary N) is 1. The second-order valence-corrected chi connectivity index (χ2v) is 5.74. The molecule has 0 atom stereocenters.